The van der Waals surface area contributed by atoms with Crippen LogP contribution < -0.4 is 14.4 Å². The highest BCUT2D eigenvalue weighted by atomic mass is 35.5. The molecule has 0 saturated carbocycles. The summed E-state index contributed by atoms with van der Waals surface area (Å²) >= 11 is 6.79. The molecule has 1 aliphatic heterocycles. The molecule has 0 fully saturated rings. The van der Waals surface area contributed by atoms with Crippen LogP contribution >= 0.6 is 22.9 Å². The number of ether oxygens (including phenoxy) is 1. The Morgan fingerprint density at radius 2 is 1.82 bits per heavy atom. The second-order valence-electron chi connectivity index (χ2n) is 6.31. The summed E-state index contributed by atoms with van der Waals surface area (Å²) in [6, 6.07) is 13.1. The van der Waals surface area contributed by atoms with Gasteiger partial charge in [0.2, 0.25) is 0 Å². The van der Waals surface area contributed by atoms with E-state index in [-0.39, 0.29) is 21.4 Å². The van der Waals surface area contributed by atoms with Crippen LogP contribution in [0.15, 0.2) is 52.7 Å². The van der Waals surface area contributed by atoms with Crippen LogP contribution in [-0.2, 0) is 10.0 Å². The Labute approximate surface area is 171 Å². The summed E-state index contributed by atoms with van der Waals surface area (Å²) < 4.78 is 33.9. The van der Waals surface area contributed by atoms with Crippen LogP contribution in [0.1, 0.15) is 15.9 Å². The Hall–Kier alpha value is -2.55. The smallest absolute Gasteiger partial charge is 0.271 e. The van der Waals surface area contributed by atoms with Crippen molar-refractivity contribution in [3.8, 4) is 11.5 Å². The number of rotatable bonds is 3. The van der Waals surface area contributed by atoms with E-state index in [4.69, 9.17) is 16.3 Å². The molecule has 144 valence electrons. The molecule has 4 rings (SSSR count). The first-order valence-corrected chi connectivity index (χ1v) is 10.9. The quantitative estimate of drug-likeness (QED) is 0.636. The largest absolute Gasteiger partial charge is 0.454 e. The lowest BCUT2D eigenvalue weighted by atomic mass is 10.1. The summed E-state index contributed by atoms with van der Waals surface area (Å²) in [6.45, 7) is 1.93. The maximum atomic E-state index is 13.0. The third-order valence-electron chi connectivity index (χ3n) is 4.28. The van der Waals surface area contributed by atoms with Crippen LogP contribution in [0.3, 0.4) is 0 Å². The molecule has 0 unspecified atom stereocenters. The zero-order valence-corrected chi connectivity index (χ0v) is 17.3. The summed E-state index contributed by atoms with van der Waals surface area (Å²) in [5.74, 6) is 0.628. The highest BCUT2D eigenvalue weighted by molar-refractivity contribution is 7.94. The summed E-state index contributed by atoms with van der Waals surface area (Å²) in [4.78, 5) is 14.4. The first-order valence-electron chi connectivity index (χ1n) is 8.23. The van der Waals surface area contributed by atoms with Crippen LogP contribution in [0.25, 0.3) is 0 Å². The summed E-state index contributed by atoms with van der Waals surface area (Å²) in [7, 11) is -2.14. The lowest BCUT2D eigenvalue weighted by Gasteiger charge is -2.16. The van der Waals surface area contributed by atoms with E-state index in [9.17, 15) is 13.2 Å². The van der Waals surface area contributed by atoms with Crippen molar-refractivity contribution in [1.29, 1.82) is 0 Å². The van der Waals surface area contributed by atoms with Gasteiger partial charge in [-0.2, -0.15) is 0 Å². The molecule has 6 nitrogen and oxygen atoms in total. The molecule has 0 aliphatic carbocycles. The highest BCUT2D eigenvalue weighted by Gasteiger charge is 2.27. The van der Waals surface area contributed by atoms with E-state index in [0.717, 1.165) is 16.9 Å². The minimum Gasteiger partial charge on any atom is -0.454 e. The molecule has 0 bridgehead atoms. The van der Waals surface area contributed by atoms with Crippen LogP contribution in [-0.4, -0.2) is 21.4 Å². The molecule has 2 heterocycles. The molecular weight excluding hydrogens is 420 g/mol. The molecule has 1 aliphatic rings. The first-order chi connectivity index (χ1) is 13.2. The number of carbonyl (C=O) groups excluding carboxylic acids is 1. The van der Waals surface area contributed by atoms with Crippen molar-refractivity contribution >= 4 is 50.2 Å². The molecule has 0 spiro atoms. The van der Waals surface area contributed by atoms with E-state index in [0.29, 0.717) is 21.5 Å². The van der Waals surface area contributed by atoms with Crippen molar-refractivity contribution < 1.29 is 17.9 Å². The first kappa shape index (κ1) is 18.8. The fourth-order valence-electron chi connectivity index (χ4n) is 2.88. The number of thiophene rings is 1. The van der Waals surface area contributed by atoms with Gasteiger partial charge in [0.25, 0.3) is 15.9 Å². The minimum absolute atomic E-state index is 0.0926. The Bertz CT molecular complexity index is 1200. The number of sulfonamides is 1. The number of hydrogen-bond donors (Lipinski definition) is 1. The minimum atomic E-state index is -3.80. The zero-order chi connectivity index (χ0) is 20.1. The van der Waals surface area contributed by atoms with Gasteiger partial charge in [0, 0.05) is 12.7 Å². The lowest BCUT2D eigenvalue weighted by Crippen LogP contribution is -2.25. The lowest BCUT2D eigenvalue weighted by molar-refractivity contribution is 0.0993. The molecular formula is C19H15ClN2O4S2. The monoisotopic (exact) mass is 434 g/mol. The number of nitrogens with zero attached hydrogens (tertiary/aromatic N) is 1. The van der Waals surface area contributed by atoms with E-state index in [1.165, 1.54) is 23.1 Å². The van der Waals surface area contributed by atoms with Gasteiger partial charge in [-0.05, 0) is 55.0 Å². The maximum Gasteiger partial charge on any atom is 0.271 e. The van der Waals surface area contributed by atoms with E-state index in [1.54, 1.807) is 25.2 Å². The van der Waals surface area contributed by atoms with Gasteiger partial charge < -0.3 is 9.64 Å². The topological polar surface area (TPSA) is 75.7 Å². The molecule has 9 heteroatoms. The molecule has 3 aromatic rings. The van der Waals surface area contributed by atoms with Crippen molar-refractivity contribution in [3.05, 3.63) is 64.0 Å². The zero-order valence-electron chi connectivity index (χ0n) is 14.9. The fourth-order valence-corrected chi connectivity index (χ4v) is 5.41. The number of nitrogens with one attached hydrogen (secondary N) is 1. The molecule has 0 atom stereocenters. The summed E-state index contributed by atoms with van der Waals surface area (Å²) in [6.07, 6.45) is 0. The Balaban J connectivity index is 1.72. The van der Waals surface area contributed by atoms with Gasteiger partial charge in [-0.1, -0.05) is 17.7 Å². The molecule has 0 radical (unpaired) electrons. The van der Waals surface area contributed by atoms with Gasteiger partial charge in [-0.3, -0.25) is 9.52 Å². The predicted octanol–water partition coefficient (Wildman–Crippen LogP) is 4.89. The van der Waals surface area contributed by atoms with Crippen LogP contribution in [0, 0.1) is 6.92 Å². The Morgan fingerprint density at radius 1 is 1.07 bits per heavy atom. The number of amides is 1. The van der Waals surface area contributed by atoms with Gasteiger partial charge in [-0.25, -0.2) is 8.42 Å². The van der Waals surface area contributed by atoms with Crippen LogP contribution in [0.4, 0.5) is 11.4 Å². The number of anilines is 2. The number of carbonyl (C=O) groups is 1. The molecule has 28 heavy (non-hydrogen) atoms. The number of aryl methyl sites for hydroxylation is 1. The highest BCUT2D eigenvalue weighted by Crippen LogP contribution is 2.40. The van der Waals surface area contributed by atoms with Gasteiger partial charge in [0.1, 0.15) is 9.96 Å². The predicted molar refractivity (Wildman–Crippen MR) is 111 cm³/mol. The van der Waals surface area contributed by atoms with Crippen molar-refractivity contribution in [1.82, 2.24) is 0 Å². The third-order valence-corrected chi connectivity index (χ3v) is 7.38. The molecule has 2 aromatic carbocycles. The van der Waals surface area contributed by atoms with Crippen LogP contribution in [0.5, 0.6) is 11.5 Å². The second kappa shape index (κ2) is 6.80. The number of fused-ring (bicyclic) bond motifs is 2. The molecule has 1 aromatic heterocycles. The number of halogens is 1. The Kier molecular flexibility index (Phi) is 4.57. The van der Waals surface area contributed by atoms with Gasteiger partial charge in [-0.15, -0.1) is 11.3 Å². The molecule has 1 N–H and O–H groups in total. The molecule has 1 amide bonds. The normalized spacial score (nSPS) is 13.4. The average molecular weight is 435 g/mol. The third kappa shape index (κ3) is 3.34. The van der Waals surface area contributed by atoms with Crippen molar-refractivity contribution in [2.75, 3.05) is 16.7 Å². The van der Waals surface area contributed by atoms with E-state index in [1.807, 2.05) is 19.1 Å². The van der Waals surface area contributed by atoms with Crippen molar-refractivity contribution in [3.63, 3.8) is 0 Å². The van der Waals surface area contributed by atoms with Crippen molar-refractivity contribution in [2.24, 2.45) is 0 Å². The molecule has 0 saturated heterocycles. The number of benzene rings is 2. The van der Waals surface area contributed by atoms with Crippen molar-refractivity contribution in [2.45, 2.75) is 11.1 Å². The second-order valence-corrected chi connectivity index (χ2v) is 9.94. The van der Waals surface area contributed by atoms with Gasteiger partial charge >= 0.3 is 0 Å². The SMILES string of the molecule is Cc1ccc2c(c1)N(C)C(=O)c1cc(NS(=O)(=O)c3ccc(Cl)s3)ccc1O2. The summed E-state index contributed by atoms with van der Waals surface area (Å²) in [5, 5.41) is 0. The maximum absolute atomic E-state index is 13.0. The average Bonchev–Trinajstić information content (AvgIpc) is 3.06. The van der Waals surface area contributed by atoms with Gasteiger partial charge in [0.15, 0.2) is 5.75 Å². The van der Waals surface area contributed by atoms with E-state index < -0.39 is 10.0 Å². The Morgan fingerprint density at radius 3 is 2.54 bits per heavy atom. The fraction of sp³-hybridized carbons (Fsp3) is 0.105. The standard InChI is InChI=1S/C19H15ClN2O4S2/c1-11-3-5-16-14(9-11)22(2)19(23)13-10-12(4-6-15(13)26-16)21-28(24,25)18-8-7-17(20)27-18/h3-10,21H,1-2H3. The number of hydrogen-bond acceptors (Lipinski definition) is 5. The summed E-state index contributed by atoms with van der Waals surface area (Å²) in [5.41, 5.74) is 2.17. The van der Waals surface area contributed by atoms with Crippen LogP contribution in [0.2, 0.25) is 4.34 Å². The van der Waals surface area contributed by atoms with Gasteiger partial charge in [0.05, 0.1) is 15.6 Å². The van der Waals surface area contributed by atoms with E-state index >= 15 is 0 Å². The van der Waals surface area contributed by atoms with E-state index in [2.05, 4.69) is 4.72 Å².